The van der Waals surface area contributed by atoms with Gasteiger partial charge >= 0.3 is 6.18 Å². The Morgan fingerprint density at radius 1 is 0.975 bits per heavy atom. The molecule has 0 unspecified atom stereocenters. The highest BCUT2D eigenvalue weighted by Gasteiger charge is 2.35. The Kier molecular flexibility index (Phi) is 7.13. The summed E-state index contributed by atoms with van der Waals surface area (Å²) in [6, 6.07) is 7.73. The van der Waals surface area contributed by atoms with Crippen LogP contribution in [0.1, 0.15) is 32.7 Å². The lowest BCUT2D eigenvalue weighted by Gasteiger charge is -2.35. The number of aromatic nitrogens is 5. The van der Waals surface area contributed by atoms with Crippen LogP contribution in [0.5, 0.6) is 0 Å². The predicted octanol–water partition coefficient (Wildman–Crippen LogP) is 4.62. The molecule has 12 heteroatoms. The van der Waals surface area contributed by atoms with Crippen molar-refractivity contribution in [2.75, 3.05) is 43.4 Å². The number of likely N-dealkylation sites (N-methyl/N-ethyl adjacent to an activating group) is 1. The Bertz CT molecular complexity index is 1560. The second-order valence-electron chi connectivity index (χ2n) is 10.2. The van der Waals surface area contributed by atoms with Crippen LogP contribution in [0.3, 0.4) is 0 Å². The van der Waals surface area contributed by atoms with E-state index in [-0.39, 0.29) is 11.1 Å². The number of benzene rings is 2. The van der Waals surface area contributed by atoms with Crippen molar-refractivity contribution in [2.24, 2.45) is 7.05 Å². The zero-order valence-corrected chi connectivity index (χ0v) is 23.0. The monoisotopic (exact) mass is 552 g/mol. The van der Waals surface area contributed by atoms with E-state index in [9.17, 15) is 18.0 Å². The molecule has 0 radical (unpaired) electrons. The maximum Gasteiger partial charge on any atom is 0.416 e. The summed E-state index contributed by atoms with van der Waals surface area (Å²) in [6.07, 6.45) is -1.09. The third-order valence-electron chi connectivity index (χ3n) is 7.51. The van der Waals surface area contributed by atoms with Gasteiger partial charge in [0, 0.05) is 61.4 Å². The quantitative estimate of drug-likeness (QED) is 0.389. The zero-order valence-electron chi connectivity index (χ0n) is 23.0. The summed E-state index contributed by atoms with van der Waals surface area (Å²) in [5.74, 6) is -0.624. The minimum atomic E-state index is -4.59. The van der Waals surface area contributed by atoms with Gasteiger partial charge in [0.25, 0.3) is 5.91 Å². The molecule has 1 N–H and O–H groups in total. The molecule has 1 amide bonds. The van der Waals surface area contributed by atoms with Gasteiger partial charge in [-0.15, -0.1) is 5.10 Å². The number of nitrogens with one attached hydrogen (secondary N) is 1. The first-order chi connectivity index (χ1) is 18.9. The third kappa shape index (κ3) is 5.31. The third-order valence-corrected chi connectivity index (χ3v) is 7.51. The number of hydrogen-bond donors (Lipinski definition) is 1. The van der Waals surface area contributed by atoms with E-state index >= 15 is 0 Å². The van der Waals surface area contributed by atoms with Crippen LogP contribution < -0.4 is 10.2 Å². The molecule has 210 valence electrons. The highest BCUT2D eigenvalue weighted by molar-refractivity contribution is 6.05. The second-order valence-corrected chi connectivity index (χ2v) is 10.2. The molecule has 5 rings (SSSR count). The molecule has 9 nitrogen and oxygen atoms in total. The summed E-state index contributed by atoms with van der Waals surface area (Å²) in [4.78, 5) is 17.3. The first-order valence-electron chi connectivity index (χ1n) is 12.9. The van der Waals surface area contributed by atoms with Crippen LogP contribution in [-0.4, -0.2) is 68.8 Å². The van der Waals surface area contributed by atoms with Crippen molar-refractivity contribution < 1.29 is 18.0 Å². The van der Waals surface area contributed by atoms with Gasteiger partial charge in [0.15, 0.2) is 0 Å². The predicted molar refractivity (Wildman–Crippen MR) is 147 cm³/mol. The van der Waals surface area contributed by atoms with Crippen LogP contribution >= 0.6 is 0 Å². The van der Waals surface area contributed by atoms with E-state index in [0.717, 1.165) is 36.0 Å². The van der Waals surface area contributed by atoms with Gasteiger partial charge in [0.2, 0.25) is 0 Å². The van der Waals surface area contributed by atoms with E-state index in [2.05, 4.69) is 25.6 Å². The second kappa shape index (κ2) is 10.4. The van der Waals surface area contributed by atoms with Crippen molar-refractivity contribution in [3.63, 3.8) is 0 Å². The van der Waals surface area contributed by atoms with E-state index in [1.807, 2.05) is 38.9 Å². The average molecular weight is 553 g/mol. The lowest BCUT2D eigenvalue weighted by Crippen LogP contribution is -2.45. The van der Waals surface area contributed by atoms with Gasteiger partial charge in [0.05, 0.1) is 23.6 Å². The number of amides is 1. The molecule has 2 aromatic heterocycles. The Hall–Kier alpha value is -4.19. The molecule has 1 aliphatic rings. The van der Waals surface area contributed by atoms with Crippen LogP contribution in [0.15, 0.2) is 42.7 Å². The summed E-state index contributed by atoms with van der Waals surface area (Å²) in [5.41, 5.74) is 4.12. The highest BCUT2D eigenvalue weighted by Crippen LogP contribution is 2.37. The Morgan fingerprint density at radius 2 is 1.70 bits per heavy atom. The van der Waals surface area contributed by atoms with Crippen molar-refractivity contribution >= 4 is 17.3 Å². The topological polar surface area (TPSA) is 84.1 Å². The summed E-state index contributed by atoms with van der Waals surface area (Å²) in [5, 5.41) is 15.6. The Labute approximate surface area is 230 Å². The number of anilines is 2. The summed E-state index contributed by atoms with van der Waals surface area (Å²) in [7, 11) is 3.82. The molecule has 40 heavy (non-hydrogen) atoms. The van der Waals surface area contributed by atoms with Crippen LogP contribution in [0, 0.1) is 20.8 Å². The minimum absolute atomic E-state index is 0.0518. The maximum absolute atomic E-state index is 14.0. The number of rotatable bonds is 5. The first kappa shape index (κ1) is 27.4. The van der Waals surface area contributed by atoms with Crippen molar-refractivity contribution in [2.45, 2.75) is 26.9 Å². The van der Waals surface area contributed by atoms with E-state index in [1.165, 1.54) is 6.92 Å². The van der Waals surface area contributed by atoms with Crippen molar-refractivity contribution in [1.29, 1.82) is 0 Å². The lowest BCUT2D eigenvalue weighted by molar-refractivity contribution is -0.138. The number of hydrogen-bond acceptors (Lipinski definition) is 6. The number of alkyl halides is 3. The first-order valence-corrected chi connectivity index (χ1v) is 12.9. The van der Waals surface area contributed by atoms with Gasteiger partial charge in [-0.2, -0.15) is 18.3 Å². The Morgan fingerprint density at radius 3 is 2.35 bits per heavy atom. The molecule has 1 aliphatic heterocycles. The molecule has 0 aliphatic carbocycles. The van der Waals surface area contributed by atoms with Gasteiger partial charge < -0.3 is 15.1 Å². The lowest BCUT2D eigenvalue weighted by atomic mass is 10.00. The van der Waals surface area contributed by atoms with Crippen molar-refractivity contribution in [1.82, 2.24) is 29.7 Å². The normalized spacial score (nSPS) is 14.6. The summed E-state index contributed by atoms with van der Waals surface area (Å²) >= 11 is 0. The van der Waals surface area contributed by atoms with E-state index in [0.29, 0.717) is 35.8 Å². The molecule has 1 saturated heterocycles. The van der Waals surface area contributed by atoms with E-state index < -0.39 is 17.6 Å². The molecule has 4 aromatic rings. The molecule has 1 fully saturated rings. The van der Waals surface area contributed by atoms with E-state index in [4.69, 9.17) is 0 Å². The van der Waals surface area contributed by atoms with Crippen LogP contribution in [0.25, 0.3) is 16.9 Å². The molecule has 2 aromatic carbocycles. The van der Waals surface area contributed by atoms with Gasteiger partial charge in [-0.25, -0.2) is 4.68 Å². The molecular formula is C28H31F3N8O. The molecule has 0 spiro atoms. The van der Waals surface area contributed by atoms with Gasteiger partial charge in [-0.3, -0.25) is 9.48 Å². The van der Waals surface area contributed by atoms with Crippen LogP contribution in [0.4, 0.5) is 24.5 Å². The average Bonchev–Trinajstić information content (AvgIpc) is 3.51. The SMILES string of the molecule is Cc1ccc(NC(=O)c2cc(N3CCN(C)CC3)c(C)c(C(F)(F)F)c2)cc1-n1cc(-c2cnn(C)c2C)nn1. The zero-order chi connectivity index (χ0) is 28.8. The Balaban J connectivity index is 1.44. The number of nitrogens with zero attached hydrogens (tertiary/aromatic N) is 7. The van der Waals surface area contributed by atoms with Crippen molar-refractivity contribution in [3.05, 3.63) is 70.7 Å². The smallest absolute Gasteiger partial charge is 0.369 e. The largest absolute Gasteiger partial charge is 0.416 e. The number of piperazine rings is 1. The molecular weight excluding hydrogens is 521 g/mol. The van der Waals surface area contributed by atoms with Crippen LogP contribution in [-0.2, 0) is 13.2 Å². The highest BCUT2D eigenvalue weighted by atomic mass is 19.4. The standard InChI is InChI=1S/C28H31F3N8O/c1-17-6-7-21(14-25(17)39-16-24(34-35-39)22-15-32-37(5)19(22)3)33-27(40)20-12-23(28(29,30)31)18(2)26(13-20)38-10-8-36(4)9-11-38/h6-7,12-16H,8-11H2,1-5H3,(H,33,40). The fraction of sp³-hybridized carbons (Fsp3) is 0.357. The minimum Gasteiger partial charge on any atom is -0.369 e. The maximum atomic E-state index is 14.0. The number of aryl methyl sites for hydroxylation is 2. The number of carbonyl (C=O) groups excluding carboxylic acids is 1. The molecule has 0 bridgehead atoms. The fourth-order valence-corrected chi connectivity index (χ4v) is 4.89. The fourth-order valence-electron chi connectivity index (χ4n) is 4.89. The number of halogens is 3. The summed E-state index contributed by atoms with van der Waals surface area (Å²) in [6.45, 7) is 7.92. The molecule has 3 heterocycles. The molecule has 0 atom stereocenters. The van der Waals surface area contributed by atoms with Gasteiger partial charge in [-0.05, 0) is 63.2 Å². The number of carbonyl (C=O) groups is 1. The summed E-state index contributed by atoms with van der Waals surface area (Å²) < 4.78 is 45.3. The van der Waals surface area contributed by atoms with Gasteiger partial charge in [0.1, 0.15) is 5.69 Å². The molecule has 0 saturated carbocycles. The van der Waals surface area contributed by atoms with Crippen molar-refractivity contribution in [3.8, 4) is 16.9 Å². The van der Waals surface area contributed by atoms with E-state index in [1.54, 1.807) is 40.0 Å². The van der Waals surface area contributed by atoms with Crippen LogP contribution in [0.2, 0.25) is 0 Å². The van der Waals surface area contributed by atoms with Gasteiger partial charge in [-0.1, -0.05) is 11.3 Å².